The fourth-order valence-corrected chi connectivity index (χ4v) is 2.72. The van der Waals surface area contributed by atoms with Crippen molar-refractivity contribution in [1.82, 2.24) is 0 Å². The Hall–Kier alpha value is -2.14. The van der Waals surface area contributed by atoms with E-state index in [0.717, 1.165) is 34.3 Å². The minimum Gasteiger partial charge on any atom is -0.326 e. The highest BCUT2D eigenvalue weighted by Crippen LogP contribution is 2.24. The summed E-state index contributed by atoms with van der Waals surface area (Å²) >= 11 is 3.36. The molecule has 112 valence electrons. The Bertz CT molecular complexity index is 726. The molecule has 5 heteroatoms. The van der Waals surface area contributed by atoms with Crippen molar-refractivity contribution >= 4 is 39.1 Å². The molecule has 22 heavy (non-hydrogen) atoms. The standard InChI is InChI=1S/C17H15BrN2O2/c18-13-5-7-14(8-6-13)19-17(22)12-4-9-15-11(10-12)2-1-3-16(21)20-15/h4-10H,1-3H2,(H,19,22)(H,20,21). The van der Waals surface area contributed by atoms with E-state index in [0.29, 0.717) is 12.0 Å². The summed E-state index contributed by atoms with van der Waals surface area (Å²) < 4.78 is 0.964. The van der Waals surface area contributed by atoms with Crippen LogP contribution in [-0.2, 0) is 11.2 Å². The molecule has 4 nitrogen and oxygen atoms in total. The van der Waals surface area contributed by atoms with Gasteiger partial charge in [0, 0.05) is 27.8 Å². The maximum Gasteiger partial charge on any atom is 0.255 e. The summed E-state index contributed by atoms with van der Waals surface area (Å²) in [5.74, 6) is -0.119. The summed E-state index contributed by atoms with van der Waals surface area (Å²) in [5.41, 5.74) is 3.16. The van der Waals surface area contributed by atoms with Crippen LogP contribution in [-0.4, -0.2) is 11.8 Å². The first-order valence-corrected chi connectivity index (χ1v) is 7.91. The zero-order valence-electron chi connectivity index (χ0n) is 11.9. The highest BCUT2D eigenvalue weighted by molar-refractivity contribution is 9.10. The lowest BCUT2D eigenvalue weighted by atomic mass is 10.0. The molecule has 0 radical (unpaired) electrons. The topological polar surface area (TPSA) is 58.2 Å². The zero-order chi connectivity index (χ0) is 15.5. The number of nitrogens with one attached hydrogen (secondary N) is 2. The van der Waals surface area contributed by atoms with E-state index in [9.17, 15) is 9.59 Å². The second kappa shape index (κ2) is 6.32. The summed E-state index contributed by atoms with van der Waals surface area (Å²) in [7, 11) is 0. The molecule has 0 bridgehead atoms. The minimum atomic E-state index is -0.152. The number of fused-ring (bicyclic) bond motifs is 1. The average Bonchev–Trinajstić information content (AvgIpc) is 2.69. The van der Waals surface area contributed by atoms with Crippen LogP contribution in [0.15, 0.2) is 46.9 Å². The Labute approximate surface area is 137 Å². The number of carbonyl (C=O) groups is 2. The van der Waals surface area contributed by atoms with E-state index in [1.807, 2.05) is 30.3 Å². The molecule has 0 aliphatic carbocycles. The van der Waals surface area contributed by atoms with Crippen LogP contribution < -0.4 is 10.6 Å². The molecule has 0 fully saturated rings. The quantitative estimate of drug-likeness (QED) is 0.852. The lowest BCUT2D eigenvalue weighted by molar-refractivity contribution is -0.116. The molecule has 0 saturated heterocycles. The van der Waals surface area contributed by atoms with Crippen molar-refractivity contribution in [3.63, 3.8) is 0 Å². The van der Waals surface area contributed by atoms with Gasteiger partial charge in [-0.2, -0.15) is 0 Å². The highest BCUT2D eigenvalue weighted by Gasteiger charge is 2.15. The highest BCUT2D eigenvalue weighted by atomic mass is 79.9. The Morgan fingerprint density at radius 1 is 1.09 bits per heavy atom. The number of amides is 2. The van der Waals surface area contributed by atoms with E-state index < -0.39 is 0 Å². The molecule has 1 heterocycles. The zero-order valence-corrected chi connectivity index (χ0v) is 13.4. The second-order valence-corrected chi connectivity index (χ2v) is 6.15. The van der Waals surface area contributed by atoms with Crippen LogP contribution in [0.2, 0.25) is 0 Å². The maximum atomic E-state index is 12.3. The molecule has 2 N–H and O–H groups in total. The molecular weight excluding hydrogens is 344 g/mol. The number of carbonyl (C=O) groups excluding carboxylic acids is 2. The van der Waals surface area contributed by atoms with Gasteiger partial charge in [0.25, 0.3) is 5.91 Å². The van der Waals surface area contributed by atoms with Crippen molar-refractivity contribution in [2.45, 2.75) is 19.3 Å². The summed E-state index contributed by atoms with van der Waals surface area (Å²) in [6.45, 7) is 0. The van der Waals surface area contributed by atoms with Gasteiger partial charge in [0.1, 0.15) is 0 Å². The molecule has 0 unspecified atom stereocenters. The van der Waals surface area contributed by atoms with Gasteiger partial charge < -0.3 is 10.6 Å². The molecule has 1 aliphatic rings. The third-order valence-corrected chi connectivity index (χ3v) is 4.12. The first kappa shape index (κ1) is 14.8. The van der Waals surface area contributed by atoms with Gasteiger partial charge in [-0.15, -0.1) is 0 Å². The van der Waals surface area contributed by atoms with Crippen LogP contribution in [0.25, 0.3) is 0 Å². The number of hydrogen-bond donors (Lipinski definition) is 2. The van der Waals surface area contributed by atoms with E-state index in [2.05, 4.69) is 26.6 Å². The molecule has 0 spiro atoms. The van der Waals surface area contributed by atoms with Crippen LogP contribution >= 0.6 is 15.9 Å². The third-order valence-electron chi connectivity index (χ3n) is 3.59. The van der Waals surface area contributed by atoms with Gasteiger partial charge in [-0.05, 0) is 60.9 Å². The van der Waals surface area contributed by atoms with Crippen LogP contribution in [0.5, 0.6) is 0 Å². The van der Waals surface area contributed by atoms with Gasteiger partial charge in [0.15, 0.2) is 0 Å². The van der Waals surface area contributed by atoms with Gasteiger partial charge >= 0.3 is 0 Å². The Morgan fingerprint density at radius 2 is 1.86 bits per heavy atom. The molecule has 2 amide bonds. The van der Waals surface area contributed by atoms with Gasteiger partial charge in [0.05, 0.1) is 0 Å². The van der Waals surface area contributed by atoms with Crippen LogP contribution in [0.4, 0.5) is 11.4 Å². The molecule has 2 aromatic rings. The fraction of sp³-hybridized carbons (Fsp3) is 0.176. The van der Waals surface area contributed by atoms with Crippen molar-refractivity contribution in [2.75, 3.05) is 10.6 Å². The van der Waals surface area contributed by atoms with Crippen LogP contribution in [0, 0.1) is 0 Å². The first-order chi connectivity index (χ1) is 10.6. The SMILES string of the molecule is O=C1CCCc2cc(C(=O)Nc3ccc(Br)cc3)ccc2N1. The molecule has 0 saturated carbocycles. The fourth-order valence-electron chi connectivity index (χ4n) is 2.45. The first-order valence-electron chi connectivity index (χ1n) is 7.11. The van der Waals surface area contributed by atoms with Crippen molar-refractivity contribution < 1.29 is 9.59 Å². The monoisotopic (exact) mass is 358 g/mol. The lowest BCUT2D eigenvalue weighted by Gasteiger charge is -2.10. The smallest absolute Gasteiger partial charge is 0.255 e. The van der Waals surface area contributed by atoms with Gasteiger partial charge in [-0.1, -0.05) is 15.9 Å². The summed E-state index contributed by atoms with van der Waals surface area (Å²) in [6.07, 6.45) is 2.12. The van der Waals surface area contributed by atoms with E-state index in [1.165, 1.54) is 0 Å². The Balaban J connectivity index is 1.80. The number of anilines is 2. The van der Waals surface area contributed by atoms with E-state index >= 15 is 0 Å². The molecule has 3 rings (SSSR count). The number of hydrogen-bond acceptors (Lipinski definition) is 2. The number of benzene rings is 2. The Kier molecular flexibility index (Phi) is 4.24. The van der Waals surface area contributed by atoms with Crippen molar-refractivity contribution in [3.8, 4) is 0 Å². The molecule has 0 atom stereocenters. The van der Waals surface area contributed by atoms with Crippen LogP contribution in [0.3, 0.4) is 0 Å². The van der Waals surface area contributed by atoms with Crippen molar-refractivity contribution in [2.24, 2.45) is 0 Å². The van der Waals surface area contributed by atoms with E-state index in [-0.39, 0.29) is 11.8 Å². The predicted molar refractivity (Wildman–Crippen MR) is 90.1 cm³/mol. The summed E-state index contributed by atoms with van der Waals surface area (Å²) in [6, 6.07) is 12.8. The van der Waals surface area contributed by atoms with Gasteiger partial charge in [0.2, 0.25) is 5.91 Å². The summed E-state index contributed by atoms with van der Waals surface area (Å²) in [4.78, 5) is 23.9. The normalized spacial score (nSPS) is 13.8. The van der Waals surface area contributed by atoms with Crippen molar-refractivity contribution in [3.05, 3.63) is 58.1 Å². The van der Waals surface area contributed by atoms with E-state index in [4.69, 9.17) is 0 Å². The molecular formula is C17H15BrN2O2. The minimum absolute atomic E-state index is 0.0332. The number of halogens is 1. The van der Waals surface area contributed by atoms with Gasteiger partial charge in [-0.25, -0.2) is 0 Å². The summed E-state index contributed by atoms with van der Waals surface area (Å²) in [5, 5.41) is 5.74. The van der Waals surface area contributed by atoms with Gasteiger partial charge in [-0.3, -0.25) is 9.59 Å². The van der Waals surface area contributed by atoms with Crippen LogP contribution in [0.1, 0.15) is 28.8 Å². The molecule has 1 aliphatic heterocycles. The number of rotatable bonds is 2. The maximum absolute atomic E-state index is 12.3. The predicted octanol–water partition coefficient (Wildman–Crippen LogP) is 3.98. The van der Waals surface area contributed by atoms with Crippen molar-refractivity contribution in [1.29, 1.82) is 0 Å². The largest absolute Gasteiger partial charge is 0.326 e. The molecule has 0 aromatic heterocycles. The third kappa shape index (κ3) is 3.36. The second-order valence-electron chi connectivity index (χ2n) is 5.23. The Morgan fingerprint density at radius 3 is 2.64 bits per heavy atom. The average molecular weight is 359 g/mol. The molecule has 2 aromatic carbocycles. The van der Waals surface area contributed by atoms with E-state index in [1.54, 1.807) is 12.1 Å². The number of aryl methyl sites for hydroxylation is 1. The lowest BCUT2D eigenvalue weighted by Crippen LogP contribution is -2.13.